The average molecular weight is 413 g/mol. The minimum absolute atomic E-state index is 0.0657. The third-order valence-corrected chi connectivity index (χ3v) is 4.97. The summed E-state index contributed by atoms with van der Waals surface area (Å²) in [4.78, 5) is 11.0. The lowest BCUT2D eigenvalue weighted by Crippen LogP contribution is -2.33. The van der Waals surface area contributed by atoms with Gasteiger partial charge in [-0.25, -0.2) is 13.0 Å². The molecule has 3 rings (SSSR count). The van der Waals surface area contributed by atoms with Gasteiger partial charge >= 0.3 is 0 Å². The summed E-state index contributed by atoms with van der Waals surface area (Å²) in [5.74, 6) is 0.833. The van der Waals surface area contributed by atoms with Crippen molar-refractivity contribution in [3.8, 4) is 5.75 Å². The molecule has 152 valence electrons. The van der Waals surface area contributed by atoms with Crippen LogP contribution in [0.2, 0.25) is 0 Å². The maximum absolute atomic E-state index is 11.1. The number of carbonyl (C=O) groups excluding carboxylic acids is 1. The van der Waals surface area contributed by atoms with E-state index >= 15 is 0 Å². The number of Topliss-reactive ketones (excluding diaryl/α,β-unsaturated/α-hetero) is 1. The zero-order chi connectivity index (χ0) is 21.4. The van der Waals surface area contributed by atoms with Crippen molar-refractivity contribution in [2.75, 3.05) is 0 Å². The molecule has 6 nitrogen and oxygen atoms in total. The Hall–Kier alpha value is -3.03. The van der Waals surface area contributed by atoms with Crippen LogP contribution in [0.15, 0.2) is 77.8 Å². The summed E-state index contributed by atoms with van der Waals surface area (Å²) in [6, 6.07) is 19.0. The second-order valence-corrected chi connectivity index (χ2v) is 7.82. The topological polar surface area (TPSA) is 87.4 Å². The van der Waals surface area contributed by atoms with Gasteiger partial charge in [0.15, 0.2) is 18.6 Å². The van der Waals surface area contributed by atoms with Crippen LogP contribution in [-0.2, 0) is 23.8 Å². The molecule has 0 saturated carbocycles. The molecule has 0 spiro atoms. The van der Waals surface area contributed by atoms with Crippen molar-refractivity contribution in [2.24, 2.45) is 7.05 Å². The number of ketones is 1. The van der Waals surface area contributed by atoms with Gasteiger partial charge in [-0.15, -0.1) is 0 Å². The maximum Gasteiger partial charge on any atom is 0.219 e. The number of hydrogen-bond acceptors (Lipinski definition) is 5. The van der Waals surface area contributed by atoms with Gasteiger partial charge in [0.05, 0.1) is 4.90 Å². The minimum atomic E-state index is -4.27. The van der Waals surface area contributed by atoms with E-state index in [0.717, 1.165) is 17.0 Å². The number of hydrogen-bond donors (Lipinski definition) is 0. The van der Waals surface area contributed by atoms with E-state index in [9.17, 15) is 17.8 Å². The number of ether oxygens (including phenoxy) is 1. The van der Waals surface area contributed by atoms with Crippen LogP contribution in [-0.4, -0.2) is 18.8 Å². The summed E-state index contributed by atoms with van der Waals surface area (Å²) in [6.45, 7) is 3.89. The minimum Gasteiger partial charge on any atom is -0.744 e. The van der Waals surface area contributed by atoms with E-state index in [0.29, 0.717) is 12.2 Å². The Bertz CT molecular complexity index is 1060. The molecule has 2 aromatic carbocycles. The van der Waals surface area contributed by atoms with Crippen LogP contribution in [0.1, 0.15) is 28.5 Å². The van der Waals surface area contributed by atoms with Crippen molar-refractivity contribution >= 4 is 15.9 Å². The molecule has 0 aliphatic heterocycles. The fraction of sp³-hybridized carbons (Fsp3) is 0.182. The average Bonchev–Trinajstić information content (AvgIpc) is 2.68. The highest BCUT2D eigenvalue weighted by Crippen LogP contribution is 2.13. The number of rotatable bonds is 5. The van der Waals surface area contributed by atoms with Crippen molar-refractivity contribution < 1.29 is 27.1 Å². The van der Waals surface area contributed by atoms with Crippen molar-refractivity contribution in [3.63, 3.8) is 0 Å². The molecule has 0 fully saturated rings. The fourth-order valence-electron chi connectivity index (χ4n) is 2.36. The highest BCUT2D eigenvalue weighted by molar-refractivity contribution is 7.85. The number of aromatic nitrogens is 1. The first kappa shape index (κ1) is 22.3. The zero-order valence-electron chi connectivity index (χ0n) is 16.5. The first-order valence-electron chi connectivity index (χ1n) is 8.87. The highest BCUT2D eigenvalue weighted by Gasteiger charge is 2.06. The Kier molecular flexibility index (Phi) is 7.64. The summed E-state index contributed by atoms with van der Waals surface area (Å²) < 4.78 is 38.9. The van der Waals surface area contributed by atoms with Crippen molar-refractivity contribution in [1.82, 2.24) is 0 Å². The highest BCUT2D eigenvalue weighted by atomic mass is 32.2. The van der Waals surface area contributed by atoms with Crippen LogP contribution in [0.4, 0.5) is 0 Å². The Morgan fingerprint density at radius 3 is 2.14 bits per heavy atom. The smallest absolute Gasteiger partial charge is 0.219 e. The summed E-state index contributed by atoms with van der Waals surface area (Å²) in [6.07, 6.45) is 1.98. The molecule has 1 aromatic heterocycles. The lowest BCUT2D eigenvalue weighted by molar-refractivity contribution is -0.680. The van der Waals surface area contributed by atoms with Gasteiger partial charge in [-0.3, -0.25) is 4.79 Å². The van der Waals surface area contributed by atoms with E-state index in [2.05, 4.69) is 0 Å². The largest absolute Gasteiger partial charge is 0.744 e. The SMILES string of the molecule is CC(=O)c1ccc(OCc2cccc[n+]2C)cc1.Cc1ccc(S(=O)(=O)[O-])cc1. The summed E-state index contributed by atoms with van der Waals surface area (Å²) >= 11 is 0. The standard InChI is InChI=1S/C15H16NO2.C7H8O3S/c1-12(17)13-6-8-15(9-7-13)18-11-14-5-3-4-10-16(14)2;1-6-2-4-7(5-3-6)11(8,9)10/h3-10H,11H2,1-2H3;2-5H,1H3,(H,8,9,10)/q+1;/p-1. The fourth-order valence-corrected chi connectivity index (χ4v) is 2.83. The molecule has 29 heavy (non-hydrogen) atoms. The molecule has 0 atom stereocenters. The number of pyridine rings is 1. The normalized spacial score (nSPS) is 10.6. The van der Waals surface area contributed by atoms with E-state index in [1.54, 1.807) is 31.2 Å². The number of nitrogens with zero attached hydrogens (tertiary/aromatic N) is 1. The van der Waals surface area contributed by atoms with Gasteiger partial charge in [0.25, 0.3) is 0 Å². The van der Waals surface area contributed by atoms with E-state index in [1.165, 1.54) is 12.1 Å². The van der Waals surface area contributed by atoms with Crippen molar-refractivity contribution in [1.29, 1.82) is 0 Å². The molecule has 0 saturated heterocycles. The van der Waals surface area contributed by atoms with Gasteiger partial charge in [0.1, 0.15) is 22.9 Å². The van der Waals surface area contributed by atoms with Gasteiger partial charge in [-0.05, 0) is 56.3 Å². The second-order valence-electron chi connectivity index (χ2n) is 6.44. The van der Waals surface area contributed by atoms with Gasteiger partial charge in [-0.1, -0.05) is 17.7 Å². The molecule has 0 aliphatic carbocycles. The molecule has 0 aliphatic rings. The molecule has 0 bridgehead atoms. The van der Waals surface area contributed by atoms with Crippen LogP contribution in [0.5, 0.6) is 5.75 Å². The van der Waals surface area contributed by atoms with Crippen molar-refractivity contribution in [3.05, 3.63) is 89.7 Å². The molecule has 0 unspecified atom stereocenters. The van der Waals surface area contributed by atoms with E-state index in [-0.39, 0.29) is 10.7 Å². The van der Waals surface area contributed by atoms with Crippen LogP contribution < -0.4 is 9.30 Å². The Labute approximate surface area is 171 Å². The van der Waals surface area contributed by atoms with Gasteiger partial charge in [0.2, 0.25) is 5.69 Å². The van der Waals surface area contributed by atoms with Crippen LogP contribution in [0.25, 0.3) is 0 Å². The molecular formula is C22H23NO5S. The first-order valence-corrected chi connectivity index (χ1v) is 10.3. The predicted octanol–water partition coefficient (Wildman–Crippen LogP) is 3.19. The lowest BCUT2D eigenvalue weighted by atomic mass is 10.1. The Balaban J connectivity index is 0.000000234. The number of carbonyl (C=O) groups is 1. The van der Waals surface area contributed by atoms with Gasteiger partial charge < -0.3 is 9.29 Å². The second kappa shape index (κ2) is 9.95. The first-order chi connectivity index (χ1) is 13.7. The van der Waals surface area contributed by atoms with Gasteiger partial charge in [-0.2, -0.15) is 0 Å². The molecular weight excluding hydrogens is 390 g/mol. The molecule has 7 heteroatoms. The molecule has 0 N–H and O–H groups in total. The van der Waals surface area contributed by atoms with E-state index in [4.69, 9.17) is 4.74 Å². The van der Waals surface area contributed by atoms with E-state index < -0.39 is 10.1 Å². The number of benzene rings is 2. The Morgan fingerprint density at radius 1 is 1.00 bits per heavy atom. The van der Waals surface area contributed by atoms with Crippen molar-refractivity contribution in [2.45, 2.75) is 25.3 Å². The lowest BCUT2D eigenvalue weighted by Gasteiger charge is -2.05. The summed E-state index contributed by atoms with van der Waals surface area (Å²) in [5, 5.41) is 0. The zero-order valence-corrected chi connectivity index (χ0v) is 17.3. The quantitative estimate of drug-likeness (QED) is 0.364. The molecule has 0 radical (unpaired) electrons. The third-order valence-electron chi connectivity index (χ3n) is 4.12. The third kappa shape index (κ3) is 7.14. The summed E-state index contributed by atoms with van der Waals surface area (Å²) in [5.41, 5.74) is 2.72. The summed E-state index contributed by atoms with van der Waals surface area (Å²) in [7, 11) is -2.29. The van der Waals surface area contributed by atoms with Crippen LogP contribution in [0, 0.1) is 6.92 Å². The maximum atomic E-state index is 11.1. The monoisotopic (exact) mass is 413 g/mol. The molecule has 3 aromatic rings. The van der Waals surface area contributed by atoms with E-state index in [1.807, 2.05) is 55.1 Å². The van der Waals surface area contributed by atoms with Crippen LogP contribution >= 0.6 is 0 Å². The molecule has 0 amide bonds. The van der Waals surface area contributed by atoms with Crippen LogP contribution in [0.3, 0.4) is 0 Å². The van der Waals surface area contributed by atoms with Gasteiger partial charge in [0, 0.05) is 17.7 Å². The predicted molar refractivity (Wildman–Crippen MR) is 108 cm³/mol. The number of aryl methyl sites for hydroxylation is 2. The Morgan fingerprint density at radius 2 is 1.62 bits per heavy atom. The molecule has 1 heterocycles.